The number of morpholine rings is 1. The van der Waals surface area contributed by atoms with Gasteiger partial charge in [0.1, 0.15) is 0 Å². The Kier molecular flexibility index (Phi) is 7.22. The van der Waals surface area contributed by atoms with Gasteiger partial charge in [-0.2, -0.15) is 4.31 Å². The summed E-state index contributed by atoms with van der Waals surface area (Å²) in [5.74, 6) is -0.0335. The number of piperazine rings is 1. The van der Waals surface area contributed by atoms with Gasteiger partial charge in [0, 0.05) is 68.8 Å². The number of ketones is 1. The van der Waals surface area contributed by atoms with E-state index in [0.717, 1.165) is 17.0 Å². The smallest absolute Gasteiger partial charge is 0.253 e. The van der Waals surface area contributed by atoms with Gasteiger partial charge in [-0.15, -0.1) is 0 Å². The molecule has 0 radical (unpaired) electrons. The van der Waals surface area contributed by atoms with Crippen LogP contribution in [0, 0.1) is 13.8 Å². The summed E-state index contributed by atoms with van der Waals surface area (Å²) in [6, 6.07) is 8.08. The summed E-state index contributed by atoms with van der Waals surface area (Å²) in [5.41, 5.74) is 3.24. The summed E-state index contributed by atoms with van der Waals surface area (Å²) in [6.45, 7) is 7.99. The Labute approximate surface area is 200 Å². The average Bonchev–Trinajstić information content (AvgIpc) is 3.12. The van der Waals surface area contributed by atoms with Crippen LogP contribution >= 0.6 is 0 Å². The molecule has 0 unspecified atom stereocenters. The molecule has 1 amide bonds. The van der Waals surface area contributed by atoms with Crippen LogP contribution in [0.25, 0.3) is 0 Å². The first-order chi connectivity index (χ1) is 16.2. The fourth-order valence-corrected chi connectivity index (χ4v) is 5.83. The predicted molar refractivity (Wildman–Crippen MR) is 128 cm³/mol. The summed E-state index contributed by atoms with van der Waals surface area (Å²) in [7, 11) is -1.63. The molecule has 0 bridgehead atoms. The molecule has 184 valence electrons. The summed E-state index contributed by atoms with van der Waals surface area (Å²) in [4.78, 5) is 29.7. The molecule has 3 heterocycles. The molecule has 10 heteroatoms. The van der Waals surface area contributed by atoms with E-state index in [-0.39, 0.29) is 16.6 Å². The molecule has 0 spiro atoms. The third-order valence-corrected chi connectivity index (χ3v) is 8.72. The minimum absolute atomic E-state index is 0.0954. The van der Waals surface area contributed by atoms with E-state index in [1.54, 1.807) is 17.0 Å². The zero-order chi connectivity index (χ0) is 24.5. The standard InChI is InChI=1S/C24H32N4O5S/c1-18-16-22(19(2)25(18)3)23(29)17-26-8-10-27(11-9-26)24(30)20-4-6-21(7-5-20)34(31,32)28-12-14-33-15-13-28/h4-7,16H,8-15,17H2,1-3H3. The first-order valence-corrected chi connectivity index (χ1v) is 13.0. The number of nitrogens with zero attached hydrogens (tertiary/aromatic N) is 4. The Bertz CT molecular complexity index is 1160. The quantitative estimate of drug-likeness (QED) is 0.570. The lowest BCUT2D eigenvalue weighted by Crippen LogP contribution is -2.49. The Morgan fingerprint density at radius 1 is 0.941 bits per heavy atom. The minimum atomic E-state index is -3.59. The molecule has 0 aliphatic carbocycles. The number of Topliss-reactive ketones (excluding diaryl/α,β-unsaturated/α-hetero) is 1. The average molecular weight is 489 g/mol. The monoisotopic (exact) mass is 488 g/mol. The van der Waals surface area contributed by atoms with E-state index in [4.69, 9.17) is 4.74 Å². The first kappa shape index (κ1) is 24.6. The maximum atomic E-state index is 13.0. The molecule has 34 heavy (non-hydrogen) atoms. The van der Waals surface area contributed by atoms with Crippen molar-refractivity contribution in [2.45, 2.75) is 18.7 Å². The topological polar surface area (TPSA) is 92.2 Å². The van der Waals surface area contributed by atoms with Gasteiger partial charge < -0.3 is 14.2 Å². The van der Waals surface area contributed by atoms with E-state index in [1.165, 1.54) is 16.4 Å². The highest BCUT2D eigenvalue weighted by molar-refractivity contribution is 7.89. The van der Waals surface area contributed by atoms with Crippen LogP contribution in [0.1, 0.15) is 32.1 Å². The van der Waals surface area contributed by atoms with Gasteiger partial charge in [0.2, 0.25) is 10.0 Å². The molecule has 2 aromatic rings. The molecular weight excluding hydrogens is 456 g/mol. The predicted octanol–water partition coefficient (Wildman–Crippen LogP) is 1.30. The van der Waals surface area contributed by atoms with E-state index in [1.807, 2.05) is 31.5 Å². The first-order valence-electron chi connectivity index (χ1n) is 11.5. The maximum absolute atomic E-state index is 13.0. The number of benzene rings is 1. The molecule has 4 rings (SSSR count). The number of carbonyl (C=O) groups is 2. The van der Waals surface area contributed by atoms with E-state index >= 15 is 0 Å². The third kappa shape index (κ3) is 4.95. The van der Waals surface area contributed by atoms with E-state index in [0.29, 0.717) is 64.6 Å². The molecule has 2 aliphatic rings. The lowest BCUT2D eigenvalue weighted by Gasteiger charge is -2.34. The lowest BCUT2D eigenvalue weighted by molar-refractivity contribution is 0.0624. The number of sulfonamides is 1. The molecule has 0 saturated carbocycles. The molecule has 9 nitrogen and oxygen atoms in total. The molecule has 0 atom stereocenters. The van der Waals surface area contributed by atoms with Crippen LogP contribution in [0.2, 0.25) is 0 Å². The number of hydrogen-bond acceptors (Lipinski definition) is 6. The number of aryl methyl sites for hydroxylation is 1. The molecule has 2 fully saturated rings. The van der Waals surface area contributed by atoms with Gasteiger partial charge in [-0.05, 0) is 44.2 Å². The van der Waals surface area contributed by atoms with E-state index in [2.05, 4.69) is 4.90 Å². The van der Waals surface area contributed by atoms with Crippen LogP contribution in [0.4, 0.5) is 0 Å². The van der Waals surface area contributed by atoms with E-state index in [9.17, 15) is 18.0 Å². The van der Waals surface area contributed by atoms with Crippen molar-refractivity contribution in [2.75, 3.05) is 59.0 Å². The summed E-state index contributed by atoms with van der Waals surface area (Å²) in [6.07, 6.45) is 0. The summed E-state index contributed by atoms with van der Waals surface area (Å²) in [5, 5.41) is 0. The van der Waals surface area contributed by atoms with Gasteiger partial charge in [-0.25, -0.2) is 8.42 Å². The zero-order valence-electron chi connectivity index (χ0n) is 20.0. The van der Waals surface area contributed by atoms with Gasteiger partial charge in [-0.1, -0.05) is 0 Å². The van der Waals surface area contributed by atoms with Gasteiger partial charge in [0.05, 0.1) is 24.7 Å². The second kappa shape index (κ2) is 9.99. The van der Waals surface area contributed by atoms with Crippen molar-refractivity contribution in [3.8, 4) is 0 Å². The molecule has 2 aliphatic heterocycles. The SMILES string of the molecule is Cc1cc(C(=O)CN2CCN(C(=O)c3ccc(S(=O)(=O)N4CCOCC4)cc3)CC2)c(C)n1C. The molecular formula is C24H32N4O5S. The van der Waals surface area contributed by atoms with Crippen molar-refractivity contribution in [1.29, 1.82) is 0 Å². The highest BCUT2D eigenvalue weighted by Crippen LogP contribution is 2.19. The van der Waals surface area contributed by atoms with Gasteiger partial charge >= 0.3 is 0 Å². The van der Waals surface area contributed by atoms with Crippen LogP contribution in [0.15, 0.2) is 35.2 Å². The Morgan fingerprint density at radius 2 is 1.56 bits per heavy atom. The van der Waals surface area contributed by atoms with Crippen molar-refractivity contribution >= 4 is 21.7 Å². The Morgan fingerprint density at radius 3 is 2.12 bits per heavy atom. The lowest BCUT2D eigenvalue weighted by atomic mass is 10.1. The van der Waals surface area contributed by atoms with Gasteiger partial charge in [0.15, 0.2) is 5.78 Å². The van der Waals surface area contributed by atoms with Crippen molar-refractivity contribution in [3.05, 3.63) is 52.8 Å². The van der Waals surface area contributed by atoms with Crippen molar-refractivity contribution in [2.24, 2.45) is 7.05 Å². The van der Waals surface area contributed by atoms with Crippen molar-refractivity contribution in [1.82, 2.24) is 18.7 Å². The second-order valence-corrected chi connectivity index (χ2v) is 10.8. The minimum Gasteiger partial charge on any atom is -0.379 e. The molecule has 2 saturated heterocycles. The zero-order valence-corrected chi connectivity index (χ0v) is 20.8. The third-order valence-electron chi connectivity index (χ3n) is 6.81. The molecule has 1 aromatic carbocycles. The fraction of sp³-hybridized carbons (Fsp3) is 0.500. The largest absolute Gasteiger partial charge is 0.379 e. The number of hydrogen-bond donors (Lipinski definition) is 0. The number of aromatic nitrogens is 1. The molecule has 1 aromatic heterocycles. The number of amides is 1. The number of rotatable bonds is 6. The maximum Gasteiger partial charge on any atom is 0.253 e. The van der Waals surface area contributed by atoms with Crippen LogP contribution in [-0.4, -0.2) is 97.8 Å². The fourth-order valence-electron chi connectivity index (χ4n) is 4.42. The highest BCUT2D eigenvalue weighted by Gasteiger charge is 2.28. The van der Waals surface area contributed by atoms with Crippen LogP contribution in [-0.2, 0) is 21.8 Å². The van der Waals surface area contributed by atoms with Crippen LogP contribution in [0.5, 0.6) is 0 Å². The van der Waals surface area contributed by atoms with Crippen molar-refractivity contribution < 1.29 is 22.7 Å². The second-order valence-electron chi connectivity index (χ2n) is 8.88. The summed E-state index contributed by atoms with van der Waals surface area (Å²) < 4.78 is 34.2. The highest BCUT2D eigenvalue weighted by atomic mass is 32.2. The van der Waals surface area contributed by atoms with Crippen molar-refractivity contribution in [3.63, 3.8) is 0 Å². The van der Waals surface area contributed by atoms with Crippen LogP contribution < -0.4 is 0 Å². The van der Waals surface area contributed by atoms with Gasteiger partial charge in [0.25, 0.3) is 5.91 Å². The number of ether oxygens (including phenoxy) is 1. The van der Waals surface area contributed by atoms with Gasteiger partial charge in [-0.3, -0.25) is 14.5 Å². The number of carbonyl (C=O) groups excluding carboxylic acids is 2. The summed E-state index contributed by atoms with van der Waals surface area (Å²) >= 11 is 0. The molecule has 0 N–H and O–H groups in total. The Balaban J connectivity index is 1.33. The Hall–Kier alpha value is -2.53. The normalized spacial score (nSPS) is 18.3. The van der Waals surface area contributed by atoms with E-state index < -0.39 is 10.0 Å². The van der Waals surface area contributed by atoms with Crippen LogP contribution in [0.3, 0.4) is 0 Å².